The first-order valence-electron chi connectivity index (χ1n) is 4.96. The maximum Gasteiger partial charge on any atom is 0.434 e. The highest BCUT2D eigenvalue weighted by molar-refractivity contribution is 5.70. The van der Waals surface area contributed by atoms with Crippen LogP contribution in [0.3, 0.4) is 0 Å². The third-order valence-electron chi connectivity index (χ3n) is 2.00. The summed E-state index contributed by atoms with van der Waals surface area (Å²) in [6, 6.07) is 2.90. The molecule has 0 aliphatic carbocycles. The molecular weight excluding hydrogens is 282 g/mol. The molecular formula is C10H8F6O3. The van der Waals surface area contributed by atoms with Crippen LogP contribution in [-0.2, 0) is 16.0 Å². The minimum atomic E-state index is -5.70. The number of furan rings is 1. The Balaban J connectivity index is 2.57. The molecule has 0 saturated heterocycles. The maximum atomic E-state index is 12.1. The summed E-state index contributed by atoms with van der Waals surface area (Å²) in [6.07, 6.45) is -15.0. The number of esters is 1. The van der Waals surface area contributed by atoms with Crippen LogP contribution < -0.4 is 0 Å². The average Bonchev–Trinajstić information content (AvgIpc) is 2.72. The van der Waals surface area contributed by atoms with Crippen LogP contribution in [0.1, 0.15) is 12.2 Å². The predicted molar refractivity (Wildman–Crippen MR) is 49.0 cm³/mol. The summed E-state index contributed by atoms with van der Waals surface area (Å²) in [4.78, 5) is 11.0. The molecule has 0 aliphatic rings. The Morgan fingerprint density at radius 2 is 1.79 bits per heavy atom. The van der Waals surface area contributed by atoms with Crippen molar-refractivity contribution in [2.45, 2.75) is 31.3 Å². The van der Waals surface area contributed by atoms with Gasteiger partial charge in [0.25, 0.3) is 6.10 Å². The van der Waals surface area contributed by atoms with Crippen molar-refractivity contribution in [1.82, 2.24) is 0 Å². The largest absolute Gasteiger partial charge is 0.469 e. The number of rotatable bonds is 4. The molecule has 9 heteroatoms. The minimum Gasteiger partial charge on any atom is -0.469 e. The van der Waals surface area contributed by atoms with E-state index in [4.69, 9.17) is 4.42 Å². The first kappa shape index (κ1) is 15.4. The summed E-state index contributed by atoms with van der Waals surface area (Å²) < 4.78 is 80.7. The summed E-state index contributed by atoms with van der Waals surface area (Å²) >= 11 is 0. The molecule has 19 heavy (non-hydrogen) atoms. The molecule has 0 radical (unpaired) electrons. The van der Waals surface area contributed by atoms with Crippen molar-refractivity contribution in [3.63, 3.8) is 0 Å². The van der Waals surface area contributed by atoms with Crippen molar-refractivity contribution >= 4 is 5.97 Å². The third kappa shape index (κ3) is 4.84. The van der Waals surface area contributed by atoms with Gasteiger partial charge in [0.05, 0.1) is 12.7 Å². The van der Waals surface area contributed by atoms with Crippen LogP contribution in [0.4, 0.5) is 26.3 Å². The van der Waals surface area contributed by atoms with Gasteiger partial charge in [0.15, 0.2) is 0 Å². The fourth-order valence-corrected chi connectivity index (χ4v) is 1.19. The van der Waals surface area contributed by atoms with Gasteiger partial charge in [-0.1, -0.05) is 0 Å². The van der Waals surface area contributed by atoms with Crippen LogP contribution in [0.15, 0.2) is 22.8 Å². The second-order valence-corrected chi connectivity index (χ2v) is 3.53. The molecule has 0 N–H and O–H groups in total. The molecule has 1 rings (SSSR count). The standard InChI is InChI=1S/C10H8F6O3/c11-9(12,13)8(10(14,15)16)19-7(17)4-3-6-2-1-5-18-6/h1-2,5,8H,3-4H2. The molecule has 1 heterocycles. The SMILES string of the molecule is O=C(CCc1ccco1)OC(C(F)(F)F)C(F)(F)F. The second kappa shape index (κ2) is 5.54. The highest BCUT2D eigenvalue weighted by atomic mass is 19.4. The van der Waals surface area contributed by atoms with E-state index in [0.29, 0.717) is 0 Å². The van der Waals surface area contributed by atoms with Gasteiger partial charge in [0, 0.05) is 6.42 Å². The minimum absolute atomic E-state index is 0.145. The smallest absolute Gasteiger partial charge is 0.434 e. The number of aryl methyl sites for hydroxylation is 1. The summed E-state index contributed by atoms with van der Waals surface area (Å²) in [5, 5.41) is 0. The van der Waals surface area contributed by atoms with Crippen LogP contribution in [0.25, 0.3) is 0 Å². The van der Waals surface area contributed by atoms with Gasteiger partial charge < -0.3 is 9.15 Å². The van der Waals surface area contributed by atoms with E-state index in [2.05, 4.69) is 4.74 Å². The lowest BCUT2D eigenvalue weighted by Crippen LogP contribution is -2.45. The summed E-state index contributed by atoms with van der Waals surface area (Å²) in [5.41, 5.74) is 0. The van der Waals surface area contributed by atoms with Crippen molar-refractivity contribution in [2.24, 2.45) is 0 Å². The number of carbonyl (C=O) groups excluding carboxylic acids is 1. The number of hydrogen-bond donors (Lipinski definition) is 0. The molecule has 1 aromatic heterocycles. The highest BCUT2D eigenvalue weighted by Crippen LogP contribution is 2.35. The number of alkyl halides is 6. The zero-order chi connectivity index (χ0) is 14.7. The van der Waals surface area contributed by atoms with E-state index in [9.17, 15) is 31.1 Å². The quantitative estimate of drug-likeness (QED) is 0.631. The van der Waals surface area contributed by atoms with E-state index in [-0.39, 0.29) is 12.2 Å². The zero-order valence-electron chi connectivity index (χ0n) is 9.22. The van der Waals surface area contributed by atoms with Gasteiger partial charge in [-0.15, -0.1) is 0 Å². The molecule has 0 aliphatic heterocycles. The van der Waals surface area contributed by atoms with Gasteiger partial charge in [-0.3, -0.25) is 4.79 Å². The Morgan fingerprint density at radius 1 is 1.21 bits per heavy atom. The van der Waals surface area contributed by atoms with Crippen molar-refractivity contribution in [3.8, 4) is 0 Å². The Kier molecular flexibility index (Phi) is 4.48. The Bertz CT molecular complexity index is 392. The molecule has 0 aromatic carbocycles. The average molecular weight is 290 g/mol. The summed E-state index contributed by atoms with van der Waals surface area (Å²) in [6.45, 7) is 0. The summed E-state index contributed by atoms with van der Waals surface area (Å²) in [7, 11) is 0. The Labute approximate surface area is 103 Å². The second-order valence-electron chi connectivity index (χ2n) is 3.53. The maximum absolute atomic E-state index is 12.1. The van der Waals surface area contributed by atoms with E-state index in [1.54, 1.807) is 0 Å². The van der Waals surface area contributed by atoms with E-state index in [1.807, 2.05) is 0 Å². The lowest BCUT2D eigenvalue weighted by molar-refractivity contribution is -0.313. The van der Waals surface area contributed by atoms with Gasteiger partial charge in [-0.05, 0) is 12.1 Å². The van der Waals surface area contributed by atoms with E-state index in [0.717, 1.165) is 0 Å². The highest BCUT2D eigenvalue weighted by Gasteiger charge is 2.59. The van der Waals surface area contributed by atoms with Gasteiger partial charge >= 0.3 is 18.3 Å². The monoisotopic (exact) mass is 290 g/mol. The topological polar surface area (TPSA) is 39.4 Å². The van der Waals surface area contributed by atoms with Gasteiger partial charge in [-0.2, -0.15) is 26.3 Å². The Morgan fingerprint density at radius 3 is 2.21 bits per heavy atom. The molecule has 0 saturated carbocycles. The lowest BCUT2D eigenvalue weighted by atomic mass is 10.2. The van der Waals surface area contributed by atoms with E-state index < -0.39 is 30.8 Å². The van der Waals surface area contributed by atoms with E-state index in [1.165, 1.54) is 18.4 Å². The number of carbonyl (C=O) groups is 1. The third-order valence-corrected chi connectivity index (χ3v) is 2.00. The summed E-state index contributed by atoms with van der Waals surface area (Å²) in [5.74, 6) is -1.34. The first-order valence-corrected chi connectivity index (χ1v) is 4.96. The number of hydrogen-bond acceptors (Lipinski definition) is 3. The first-order chi connectivity index (χ1) is 8.60. The molecule has 0 bridgehead atoms. The van der Waals surface area contributed by atoms with Crippen molar-refractivity contribution in [2.75, 3.05) is 0 Å². The molecule has 3 nitrogen and oxygen atoms in total. The number of ether oxygens (including phenoxy) is 1. The fraction of sp³-hybridized carbons (Fsp3) is 0.500. The molecule has 0 unspecified atom stereocenters. The predicted octanol–water partition coefficient (Wildman–Crippen LogP) is 3.25. The molecule has 108 valence electrons. The van der Waals surface area contributed by atoms with Crippen LogP contribution >= 0.6 is 0 Å². The van der Waals surface area contributed by atoms with Crippen LogP contribution in [0, 0.1) is 0 Å². The Hall–Kier alpha value is -1.67. The van der Waals surface area contributed by atoms with E-state index >= 15 is 0 Å². The van der Waals surface area contributed by atoms with Crippen LogP contribution in [0.5, 0.6) is 0 Å². The number of halogens is 6. The normalized spacial score (nSPS) is 12.8. The van der Waals surface area contributed by atoms with Crippen molar-refractivity contribution < 1.29 is 40.3 Å². The fourth-order valence-electron chi connectivity index (χ4n) is 1.19. The van der Waals surface area contributed by atoms with Gasteiger partial charge in [0.1, 0.15) is 5.76 Å². The molecule has 0 atom stereocenters. The van der Waals surface area contributed by atoms with Crippen LogP contribution in [-0.4, -0.2) is 24.4 Å². The van der Waals surface area contributed by atoms with Crippen molar-refractivity contribution in [1.29, 1.82) is 0 Å². The zero-order valence-corrected chi connectivity index (χ0v) is 9.22. The van der Waals surface area contributed by atoms with Crippen molar-refractivity contribution in [3.05, 3.63) is 24.2 Å². The molecule has 0 amide bonds. The molecule has 0 spiro atoms. The lowest BCUT2D eigenvalue weighted by Gasteiger charge is -2.22. The molecule has 1 aromatic rings. The molecule has 0 fully saturated rings. The van der Waals surface area contributed by atoms with Gasteiger partial charge in [-0.25, -0.2) is 0 Å². The van der Waals surface area contributed by atoms with Crippen LogP contribution in [0.2, 0.25) is 0 Å². The van der Waals surface area contributed by atoms with Gasteiger partial charge in [0.2, 0.25) is 0 Å².